The third-order valence-electron chi connectivity index (χ3n) is 2.58. The predicted octanol–water partition coefficient (Wildman–Crippen LogP) is 0.917. The lowest BCUT2D eigenvalue weighted by Gasteiger charge is -2.34. The van der Waals surface area contributed by atoms with Crippen LogP contribution in [-0.2, 0) is 0 Å². The average Bonchev–Trinajstić information content (AvgIpc) is 2.75. The van der Waals surface area contributed by atoms with E-state index in [0.717, 1.165) is 5.56 Å². The van der Waals surface area contributed by atoms with Crippen molar-refractivity contribution in [2.75, 3.05) is 18.0 Å². The van der Waals surface area contributed by atoms with Gasteiger partial charge in [0.25, 0.3) is 11.8 Å². The molecule has 1 aromatic heterocycles. The van der Waals surface area contributed by atoms with Crippen LogP contribution in [0.15, 0.2) is 34.9 Å². The maximum Gasteiger partial charge on any atom is 0.266 e. The summed E-state index contributed by atoms with van der Waals surface area (Å²) in [5, 5.41) is 13.1. The Labute approximate surface area is 92.3 Å². The number of hydrogen-bond acceptors (Lipinski definition) is 5. The van der Waals surface area contributed by atoms with E-state index in [4.69, 9.17) is 4.52 Å². The van der Waals surface area contributed by atoms with Crippen LogP contribution in [0.4, 0.5) is 5.95 Å². The van der Waals surface area contributed by atoms with Crippen molar-refractivity contribution in [1.29, 1.82) is 0 Å². The second kappa shape index (κ2) is 3.61. The van der Waals surface area contributed by atoms with Crippen molar-refractivity contribution in [2.45, 2.75) is 6.10 Å². The van der Waals surface area contributed by atoms with Gasteiger partial charge in [0.05, 0.1) is 6.10 Å². The summed E-state index contributed by atoms with van der Waals surface area (Å²) in [5.41, 5.74) is 0.905. The molecule has 2 aromatic rings. The Balaban J connectivity index is 1.83. The van der Waals surface area contributed by atoms with Gasteiger partial charge in [0.15, 0.2) is 0 Å². The van der Waals surface area contributed by atoms with E-state index >= 15 is 0 Å². The maximum atomic E-state index is 9.18. The number of aliphatic hydroxyl groups excluding tert-OH is 1. The van der Waals surface area contributed by atoms with Gasteiger partial charge >= 0.3 is 0 Å². The highest BCUT2D eigenvalue weighted by Gasteiger charge is 2.28. The Morgan fingerprint density at radius 3 is 2.69 bits per heavy atom. The first-order valence-electron chi connectivity index (χ1n) is 5.15. The number of benzene rings is 1. The van der Waals surface area contributed by atoms with E-state index < -0.39 is 0 Å². The number of nitrogens with zero attached hydrogens (tertiary/aromatic N) is 3. The van der Waals surface area contributed by atoms with Crippen LogP contribution >= 0.6 is 0 Å². The molecule has 5 heteroatoms. The summed E-state index contributed by atoms with van der Waals surface area (Å²) in [4.78, 5) is 6.15. The molecule has 0 radical (unpaired) electrons. The van der Waals surface area contributed by atoms with Gasteiger partial charge in [0.2, 0.25) is 0 Å². The molecular weight excluding hydrogens is 206 g/mol. The lowest BCUT2D eigenvalue weighted by Crippen LogP contribution is -2.51. The largest absolute Gasteiger partial charge is 0.389 e. The molecule has 2 heterocycles. The number of β-amino-alcohol motifs (C(OH)–C–C–N with tert-alkyl or cyclic N) is 1. The van der Waals surface area contributed by atoms with Crippen LogP contribution in [-0.4, -0.2) is 34.4 Å². The van der Waals surface area contributed by atoms with Gasteiger partial charge in [-0.1, -0.05) is 18.2 Å². The van der Waals surface area contributed by atoms with Crippen molar-refractivity contribution in [3.8, 4) is 11.5 Å². The van der Waals surface area contributed by atoms with Gasteiger partial charge in [-0.25, -0.2) is 0 Å². The minimum absolute atomic E-state index is 0.265. The Hall–Kier alpha value is -1.88. The van der Waals surface area contributed by atoms with E-state index in [1.165, 1.54) is 0 Å². The van der Waals surface area contributed by atoms with Crippen molar-refractivity contribution < 1.29 is 9.63 Å². The summed E-state index contributed by atoms with van der Waals surface area (Å²) in [6, 6.07) is 9.62. The van der Waals surface area contributed by atoms with E-state index in [0.29, 0.717) is 24.9 Å². The Bertz CT molecular complexity index is 477. The monoisotopic (exact) mass is 217 g/mol. The molecule has 0 aliphatic carbocycles. The first-order valence-corrected chi connectivity index (χ1v) is 5.15. The molecule has 16 heavy (non-hydrogen) atoms. The van der Waals surface area contributed by atoms with E-state index in [2.05, 4.69) is 10.1 Å². The zero-order valence-electron chi connectivity index (χ0n) is 8.58. The summed E-state index contributed by atoms with van der Waals surface area (Å²) in [5.74, 6) is 1.06. The number of anilines is 1. The molecule has 5 nitrogen and oxygen atoms in total. The second-order valence-corrected chi connectivity index (χ2v) is 3.82. The molecule has 1 aliphatic heterocycles. The minimum Gasteiger partial charge on any atom is -0.389 e. The van der Waals surface area contributed by atoms with Crippen LogP contribution in [0.25, 0.3) is 11.5 Å². The highest BCUT2D eigenvalue weighted by Crippen LogP contribution is 2.22. The molecule has 0 amide bonds. The highest BCUT2D eigenvalue weighted by atomic mass is 16.5. The number of aromatic nitrogens is 2. The lowest BCUT2D eigenvalue weighted by molar-refractivity contribution is 0.140. The summed E-state index contributed by atoms with van der Waals surface area (Å²) >= 11 is 0. The molecule has 1 saturated heterocycles. The molecule has 1 aromatic carbocycles. The Morgan fingerprint density at radius 2 is 2.00 bits per heavy atom. The van der Waals surface area contributed by atoms with Gasteiger partial charge in [0.1, 0.15) is 0 Å². The maximum absolute atomic E-state index is 9.18. The van der Waals surface area contributed by atoms with E-state index in [-0.39, 0.29) is 6.10 Å². The quantitative estimate of drug-likeness (QED) is 0.810. The molecule has 0 saturated carbocycles. The summed E-state index contributed by atoms with van der Waals surface area (Å²) in [6.07, 6.45) is -0.265. The number of hydrogen-bond donors (Lipinski definition) is 1. The van der Waals surface area contributed by atoms with Crippen LogP contribution < -0.4 is 4.90 Å². The molecule has 1 aliphatic rings. The van der Waals surface area contributed by atoms with Gasteiger partial charge in [-0.05, 0) is 17.3 Å². The fourth-order valence-electron chi connectivity index (χ4n) is 1.66. The molecule has 3 rings (SSSR count). The predicted molar refractivity (Wildman–Crippen MR) is 58.0 cm³/mol. The standard InChI is InChI=1S/C11H11N3O2/c15-9-6-14(7-9)11-12-10(16-13-11)8-4-2-1-3-5-8/h1-5,9,15H,6-7H2. The van der Waals surface area contributed by atoms with Crippen LogP contribution in [0.3, 0.4) is 0 Å². The Kier molecular flexibility index (Phi) is 2.11. The van der Waals surface area contributed by atoms with Crippen LogP contribution in [0, 0.1) is 0 Å². The van der Waals surface area contributed by atoms with E-state index in [1.807, 2.05) is 35.2 Å². The van der Waals surface area contributed by atoms with Gasteiger partial charge < -0.3 is 14.5 Å². The molecular formula is C11H11N3O2. The van der Waals surface area contributed by atoms with Crippen molar-refractivity contribution in [3.05, 3.63) is 30.3 Å². The normalized spacial score (nSPS) is 16.2. The SMILES string of the molecule is OC1CN(c2noc(-c3ccccc3)n2)C1. The van der Waals surface area contributed by atoms with Crippen molar-refractivity contribution in [3.63, 3.8) is 0 Å². The molecule has 0 unspecified atom stereocenters. The van der Waals surface area contributed by atoms with Crippen LogP contribution in [0.5, 0.6) is 0 Å². The molecule has 0 atom stereocenters. The highest BCUT2D eigenvalue weighted by molar-refractivity contribution is 5.54. The summed E-state index contributed by atoms with van der Waals surface area (Å²) < 4.78 is 5.16. The topological polar surface area (TPSA) is 62.4 Å². The summed E-state index contributed by atoms with van der Waals surface area (Å²) in [6.45, 7) is 1.15. The zero-order valence-corrected chi connectivity index (χ0v) is 8.58. The van der Waals surface area contributed by atoms with Gasteiger partial charge in [-0.2, -0.15) is 4.98 Å². The fraction of sp³-hybridized carbons (Fsp3) is 0.273. The summed E-state index contributed by atoms with van der Waals surface area (Å²) in [7, 11) is 0. The lowest BCUT2D eigenvalue weighted by atomic mass is 10.2. The van der Waals surface area contributed by atoms with Crippen LogP contribution in [0.1, 0.15) is 0 Å². The van der Waals surface area contributed by atoms with Crippen molar-refractivity contribution in [2.24, 2.45) is 0 Å². The molecule has 82 valence electrons. The zero-order chi connectivity index (χ0) is 11.0. The van der Waals surface area contributed by atoms with Crippen LogP contribution in [0.2, 0.25) is 0 Å². The van der Waals surface area contributed by atoms with Crippen molar-refractivity contribution >= 4 is 5.95 Å². The number of rotatable bonds is 2. The third-order valence-corrected chi connectivity index (χ3v) is 2.58. The first kappa shape index (κ1) is 9.35. The fourth-order valence-corrected chi connectivity index (χ4v) is 1.66. The minimum atomic E-state index is -0.265. The molecule has 1 fully saturated rings. The van der Waals surface area contributed by atoms with Gasteiger partial charge in [-0.3, -0.25) is 0 Å². The Morgan fingerprint density at radius 1 is 1.25 bits per heavy atom. The smallest absolute Gasteiger partial charge is 0.266 e. The van der Waals surface area contributed by atoms with E-state index in [1.54, 1.807) is 0 Å². The van der Waals surface area contributed by atoms with Gasteiger partial charge in [-0.15, -0.1) is 0 Å². The molecule has 1 N–H and O–H groups in total. The second-order valence-electron chi connectivity index (χ2n) is 3.82. The average molecular weight is 217 g/mol. The first-order chi connectivity index (χ1) is 7.83. The van der Waals surface area contributed by atoms with E-state index in [9.17, 15) is 5.11 Å². The molecule has 0 bridgehead atoms. The number of aliphatic hydroxyl groups is 1. The van der Waals surface area contributed by atoms with Gasteiger partial charge in [0, 0.05) is 18.7 Å². The molecule has 0 spiro atoms. The third kappa shape index (κ3) is 1.55. The van der Waals surface area contributed by atoms with Crippen molar-refractivity contribution in [1.82, 2.24) is 10.1 Å².